The number of carbonyl (C=O) groups excluding carboxylic acids is 1. The zero-order chi connectivity index (χ0) is 24.9. The van der Waals surface area contributed by atoms with Crippen LogP contribution in [0.25, 0.3) is 22.0 Å². The van der Waals surface area contributed by atoms with Crippen LogP contribution in [0.2, 0.25) is 0 Å². The van der Waals surface area contributed by atoms with Crippen LogP contribution in [0.4, 0.5) is 8.78 Å². The topological polar surface area (TPSA) is 63.5 Å². The minimum absolute atomic E-state index is 0.233. The number of aliphatic hydroxyl groups excluding tert-OH is 1. The summed E-state index contributed by atoms with van der Waals surface area (Å²) < 4.78 is 35.3. The Morgan fingerprint density at radius 1 is 1.06 bits per heavy atom. The number of nitrogens with one attached hydrogen (secondary N) is 1. The van der Waals surface area contributed by atoms with Crippen molar-refractivity contribution in [3.63, 3.8) is 0 Å². The van der Waals surface area contributed by atoms with Crippen LogP contribution >= 0.6 is 0 Å². The maximum atomic E-state index is 13.8. The third-order valence-corrected chi connectivity index (χ3v) is 5.88. The second kappa shape index (κ2) is 10.7. The fourth-order valence-electron chi connectivity index (χ4n) is 4.22. The van der Waals surface area contributed by atoms with Gasteiger partial charge in [-0.25, -0.2) is 8.78 Å². The molecule has 0 aliphatic heterocycles. The van der Waals surface area contributed by atoms with E-state index in [0.717, 1.165) is 29.0 Å². The Morgan fingerprint density at radius 2 is 1.80 bits per heavy atom. The van der Waals surface area contributed by atoms with E-state index in [1.807, 2.05) is 49.0 Å². The van der Waals surface area contributed by atoms with Crippen molar-refractivity contribution in [2.24, 2.45) is 7.05 Å². The van der Waals surface area contributed by atoms with Gasteiger partial charge < -0.3 is 19.7 Å². The van der Waals surface area contributed by atoms with Gasteiger partial charge in [0.05, 0.1) is 24.8 Å². The molecule has 35 heavy (non-hydrogen) atoms. The number of aromatic nitrogens is 1. The summed E-state index contributed by atoms with van der Waals surface area (Å²) in [7, 11) is 1.95. The summed E-state index contributed by atoms with van der Waals surface area (Å²) in [6.07, 6.45) is 3.18. The van der Waals surface area contributed by atoms with E-state index in [1.54, 1.807) is 18.2 Å². The van der Waals surface area contributed by atoms with E-state index in [0.29, 0.717) is 29.9 Å². The van der Waals surface area contributed by atoms with Crippen LogP contribution in [0.15, 0.2) is 66.9 Å². The zero-order valence-corrected chi connectivity index (χ0v) is 19.7. The standard InChI is InChI=1S/C28H28F2N2O3/c1-3-10-35-27-9-8-18(19-11-21(29)15-22(30)12-19)14-25(27)28(34)31-23(17-33)13-20-16-32(2)26-7-5-4-6-24(20)26/h4-9,11-12,14-16,23,33H,3,10,13,17H2,1-2H3,(H,31,34)/t23-/m1/s1. The minimum atomic E-state index is -0.701. The Hall–Kier alpha value is -3.71. The molecule has 4 aromatic rings. The predicted molar refractivity (Wildman–Crippen MR) is 133 cm³/mol. The molecule has 0 aliphatic carbocycles. The summed E-state index contributed by atoms with van der Waals surface area (Å²) in [4.78, 5) is 13.3. The average molecular weight is 479 g/mol. The molecule has 1 amide bonds. The number of para-hydroxylation sites is 1. The van der Waals surface area contributed by atoms with Crippen LogP contribution in [0.3, 0.4) is 0 Å². The molecule has 4 rings (SSSR count). The number of hydrogen-bond donors (Lipinski definition) is 2. The second-order valence-electron chi connectivity index (χ2n) is 8.56. The molecule has 3 aromatic carbocycles. The van der Waals surface area contributed by atoms with E-state index in [2.05, 4.69) is 5.32 Å². The molecular weight excluding hydrogens is 450 g/mol. The lowest BCUT2D eigenvalue weighted by Crippen LogP contribution is -2.39. The van der Waals surface area contributed by atoms with Gasteiger partial charge in [0.1, 0.15) is 17.4 Å². The normalized spacial score (nSPS) is 12.0. The summed E-state index contributed by atoms with van der Waals surface area (Å²) in [6, 6.07) is 15.5. The van der Waals surface area contributed by atoms with Crippen LogP contribution in [0.5, 0.6) is 5.75 Å². The van der Waals surface area contributed by atoms with Gasteiger partial charge in [-0.15, -0.1) is 0 Å². The molecule has 1 heterocycles. The molecule has 0 bridgehead atoms. The van der Waals surface area contributed by atoms with E-state index in [-0.39, 0.29) is 12.2 Å². The number of benzene rings is 3. The Balaban J connectivity index is 1.62. The van der Waals surface area contributed by atoms with Crippen molar-refractivity contribution >= 4 is 16.8 Å². The van der Waals surface area contributed by atoms with Gasteiger partial charge in [0, 0.05) is 30.2 Å². The third kappa shape index (κ3) is 5.52. The smallest absolute Gasteiger partial charge is 0.255 e. The van der Waals surface area contributed by atoms with Gasteiger partial charge in [-0.1, -0.05) is 31.2 Å². The van der Waals surface area contributed by atoms with E-state index < -0.39 is 23.6 Å². The van der Waals surface area contributed by atoms with Crippen molar-refractivity contribution in [2.45, 2.75) is 25.8 Å². The number of aryl methyl sites for hydroxylation is 1. The molecule has 0 saturated carbocycles. The highest BCUT2D eigenvalue weighted by Crippen LogP contribution is 2.29. The Labute approximate surface area is 203 Å². The van der Waals surface area contributed by atoms with Crippen molar-refractivity contribution in [2.75, 3.05) is 13.2 Å². The molecule has 2 N–H and O–H groups in total. The Bertz CT molecular complexity index is 1330. The first-order valence-corrected chi connectivity index (χ1v) is 11.6. The van der Waals surface area contributed by atoms with Crippen LogP contribution in [0.1, 0.15) is 29.3 Å². The molecule has 5 nitrogen and oxygen atoms in total. The van der Waals surface area contributed by atoms with Gasteiger partial charge in [0.2, 0.25) is 0 Å². The van der Waals surface area contributed by atoms with Crippen LogP contribution in [0, 0.1) is 11.6 Å². The lowest BCUT2D eigenvalue weighted by atomic mass is 10.0. The minimum Gasteiger partial charge on any atom is -0.493 e. The Kier molecular flexibility index (Phi) is 7.46. The summed E-state index contributed by atoms with van der Waals surface area (Å²) in [5.41, 5.74) is 3.10. The molecule has 7 heteroatoms. The molecule has 0 fully saturated rings. The van der Waals surface area contributed by atoms with Gasteiger partial charge in [0.25, 0.3) is 5.91 Å². The molecule has 1 aromatic heterocycles. The highest BCUT2D eigenvalue weighted by molar-refractivity contribution is 5.98. The van der Waals surface area contributed by atoms with Crippen molar-refractivity contribution < 1.29 is 23.4 Å². The number of amides is 1. The quantitative estimate of drug-likeness (QED) is 0.346. The summed E-state index contributed by atoms with van der Waals surface area (Å²) in [5.74, 6) is -1.47. The molecule has 0 unspecified atom stereocenters. The van der Waals surface area contributed by atoms with Crippen molar-refractivity contribution in [1.82, 2.24) is 9.88 Å². The fourth-order valence-corrected chi connectivity index (χ4v) is 4.22. The summed E-state index contributed by atoms with van der Waals surface area (Å²) in [5, 5.41) is 14.0. The number of aliphatic hydroxyl groups is 1. The predicted octanol–water partition coefficient (Wildman–Crippen LogP) is 5.25. The molecule has 182 valence electrons. The maximum absolute atomic E-state index is 13.8. The van der Waals surface area contributed by atoms with Crippen LogP contribution < -0.4 is 10.1 Å². The van der Waals surface area contributed by atoms with E-state index in [9.17, 15) is 18.7 Å². The molecule has 0 saturated heterocycles. The van der Waals surface area contributed by atoms with E-state index in [4.69, 9.17) is 4.74 Å². The number of hydrogen-bond acceptors (Lipinski definition) is 3. The van der Waals surface area contributed by atoms with Gasteiger partial charge in [-0.05, 0) is 59.9 Å². The van der Waals surface area contributed by atoms with E-state index in [1.165, 1.54) is 12.1 Å². The first kappa shape index (κ1) is 24.4. The highest BCUT2D eigenvalue weighted by atomic mass is 19.1. The number of carbonyl (C=O) groups is 1. The maximum Gasteiger partial charge on any atom is 0.255 e. The zero-order valence-electron chi connectivity index (χ0n) is 19.7. The second-order valence-corrected chi connectivity index (χ2v) is 8.56. The average Bonchev–Trinajstić information content (AvgIpc) is 3.16. The van der Waals surface area contributed by atoms with Crippen molar-refractivity contribution in [1.29, 1.82) is 0 Å². The van der Waals surface area contributed by atoms with E-state index >= 15 is 0 Å². The van der Waals surface area contributed by atoms with Crippen LogP contribution in [-0.4, -0.2) is 34.8 Å². The molecule has 1 atom stereocenters. The Morgan fingerprint density at radius 3 is 2.51 bits per heavy atom. The van der Waals surface area contributed by atoms with Crippen LogP contribution in [-0.2, 0) is 13.5 Å². The monoisotopic (exact) mass is 478 g/mol. The summed E-state index contributed by atoms with van der Waals surface area (Å²) >= 11 is 0. The van der Waals surface area contributed by atoms with Gasteiger partial charge in [-0.2, -0.15) is 0 Å². The first-order valence-electron chi connectivity index (χ1n) is 11.6. The SMILES string of the molecule is CCCOc1ccc(-c2cc(F)cc(F)c2)cc1C(=O)N[C@@H](CO)Cc1cn(C)c2ccccc12. The lowest BCUT2D eigenvalue weighted by Gasteiger charge is -2.18. The number of nitrogens with zero attached hydrogens (tertiary/aromatic N) is 1. The molecule has 0 radical (unpaired) electrons. The largest absolute Gasteiger partial charge is 0.493 e. The molecule has 0 spiro atoms. The summed E-state index contributed by atoms with van der Waals surface area (Å²) in [6.45, 7) is 2.11. The number of rotatable bonds is 9. The first-order chi connectivity index (χ1) is 16.9. The van der Waals surface area contributed by atoms with Gasteiger partial charge in [0.15, 0.2) is 0 Å². The third-order valence-electron chi connectivity index (χ3n) is 5.88. The van der Waals surface area contributed by atoms with Crippen molar-refractivity contribution in [3.05, 3.63) is 89.6 Å². The lowest BCUT2D eigenvalue weighted by molar-refractivity contribution is 0.0912. The highest BCUT2D eigenvalue weighted by Gasteiger charge is 2.20. The number of ether oxygens (including phenoxy) is 1. The number of halogens is 2. The fraction of sp³-hybridized carbons (Fsp3) is 0.250. The van der Waals surface area contributed by atoms with Gasteiger partial charge >= 0.3 is 0 Å². The number of fused-ring (bicyclic) bond motifs is 1. The van der Waals surface area contributed by atoms with Crippen molar-refractivity contribution in [3.8, 4) is 16.9 Å². The molecular formula is C28H28F2N2O3. The van der Waals surface area contributed by atoms with Gasteiger partial charge in [-0.3, -0.25) is 4.79 Å². The molecule has 0 aliphatic rings.